The Morgan fingerprint density at radius 1 is 1.00 bits per heavy atom. The maximum atomic E-state index is 12.8. The number of nitrogens with one attached hydrogen (secondary N) is 1. The van der Waals surface area contributed by atoms with Crippen molar-refractivity contribution in [3.05, 3.63) is 63.4 Å². The van der Waals surface area contributed by atoms with Crippen molar-refractivity contribution in [2.75, 3.05) is 5.32 Å². The monoisotopic (exact) mass is 391 g/mol. The highest BCUT2D eigenvalue weighted by Crippen LogP contribution is 2.29. The lowest BCUT2D eigenvalue weighted by Gasteiger charge is -2.07. The molecule has 142 valence electrons. The Bertz CT molecular complexity index is 1220. The van der Waals surface area contributed by atoms with Gasteiger partial charge < -0.3 is 0 Å². The molecular formula is C21H21N5OS. The summed E-state index contributed by atoms with van der Waals surface area (Å²) in [4.78, 5) is 21.9. The number of aromatic nitrogens is 4. The molecule has 7 heteroatoms. The summed E-state index contributed by atoms with van der Waals surface area (Å²) in [5.74, 6) is -0.259. The third-order valence-electron chi connectivity index (χ3n) is 4.86. The lowest BCUT2D eigenvalue weighted by molar-refractivity contribution is 0.102. The molecule has 0 unspecified atom stereocenters. The van der Waals surface area contributed by atoms with E-state index in [1.807, 2.05) is 25.3 Å². The SMILES string of the molecule is Cc1cc(C)n2ncc(C(=O)Nc3nc(-c4cc(C)c(C)cc4C)cs3)c2n1. The van der Waals surface area contributed by atoms with Gasteiger partial charge in [-0.3, -0.25) is 10.1 Å². The van der Waals surface area contributed by atoms with E-state index in [9.17, 15) is 4.79 Å². The summed E-state index contributed by atoms with van der Waals surface area (Å²) in [6.45, 7) is 10.1. The predicted octanol–water partition coefficient (Wildman–Crippen LogP) is 4.65. The zero-order chi connectivity index (χ0) is 20.0. The van der Waals surface area contributed by atoms with E-state index < -0.39 is 0 Å². The highest BCUT2D eigenvalue weighted by molar-refractivity contribution is 7.14. The minimum Gasteiger partial charge on any atom is -0.298 e. The molecule has 6 nitrogen and oxygen atoms in total. The van der Waals surface area contributed by atoms with E-state index in [2.05, 4.69) is 53.3 Å². The molecule has 0 radical (unpaired) electrons. The van der Waals surface area contributed by atoms with Crippen LogP contribution in [0.4, 0.5) is 5.13 Å². The maximum Gasteiger partial charge on any atom is 0.262 e. The number of thiazole rings is 1. The van der Waals surface area contributed by atoms with Crippen molar-refractivity contribution >= 4 is 28.0 Å². The van der Waals surface area contributed by atoms with Gasteiger partial charge in [-0.05, 0) is 63.4 Å². The van der Waals surface area contributed by atoms with E-state index in [1.54, 1.807) is 10.7 Å². The lowest BCUT2D eigenvalue weighted by atomic mass is 9.99. The molecule has 1 amide bonds. The summed E-state index contributed by atoms with van der Waals surface area (Å²) in [6, 6.07) is 6.24. The van der Waals surface area contributed by atoms with E-state index in [0.717, 1.165) is 22.6 Å². The van der Waals surface area contributed by atoms with Crippen LogP contribution < -0.4 is 5.32 Å². The van der Waals surface area contributed by atoms with Crippen molar-refractivity contribution in [1.82, 2.24) is 19.6 Å². The van der Waals surface area contributed by atoms with Gasteiger partial charge in [0.2, 0.25) is 0 Å². The quantitative estimate of drug-likeness (QED) is 0.552. The van der Waals surface area contributed by atoms with Gasteiger partial charge in [-0.1, -0.05) is 6.07 Å². The molecular weight excluding hydrogens is 370 g/mol. The molecule has 0 bridgehead atoms. The molecule has 0 atom stereocenters. The van der Waals surface area contributed by atoms with E-state index in [-0.39, 0.29) is 5.91 Å². The molecule has 4 rings (SSSR count). The Balaban J connectivity index is 1.63. The van der Waals surface area contributed by atoms with E-state index in [0.29, 0.717) is 16.3 Å². The van der Waals surface area contributed by atoms with Crippen molar-refractivity contribution in [3.63, 3.8) is 0 Å². The summed E-state index contributed by atoms with van der Waals surface area (Å²) >= 11 is 1.41. The molecule has 0 saturated heterocycles. The summed E-state index contributed by atoms with van der Waals surface area (Å²) in [5, 5.41) is 9.69. The second kappa shape index (κ2) is 6.83. The van der Waals surface area contributed by atoms with Crippen LogP contribution in [0, 0.1) is 34.6 Å². The first kappa shape index (κ1) is 18.3. The molecule has 3 aromatic heterocycles. The fraction of sp³-hybridized carbons (Fsp3) is 0.238. The number of hydrogen-bond acceptors (Lipinski definition) is 5. The molecule has 1 N–H and O–H groups in total. The average Bonchev–Trinajstić information content (AvgIpc) is 3.25. The van der Waals surface area contributed by atoms with Crippen LogP contribution in [0.2, 0.25) is 0 Å². The largest absolute Gasteiger partial charge is 0.298 e. The fourth-order valence-electron chi connectivity index (χ4n) is 3.29. The molecule has 0 aliphatic carbocycles. The number of nitrogens with zero attached hydrogens (tertiary/aromatic N) is 4. The van der Waals surface area contributed by atoms with Crippen LogP contribution in [0.3, 0.4) is 0 Å². The number of carbonyl (C=O) groups is 1. The lowest BCUT2D eigenvalue weighted by Crippen LogP contribution is -2.12. The zero-order valence-electron chi connectivity index (χ0n) is 16.5. The normalized spacial score (nSPS) is 11.2. The summed E-state index contributed by atoms with van der Waals surface area (Å²) < 4.78 is 1.67. The fourth-order valence-corrected chi connectivity index (χ4v) is 3.99. The van der Waals surface area contributed by atoms with Crippen molar-refractivity contribution in [2.24, 2.45) is 0 Å². The van der Waals surface area contributed by atoms with Crippen LogP contribution in [-0.2, 0) is 0 Å². The molecule has 0 fully saturated rings. The molecule has 0 spiro atoms. The molecule has 0 saturated carbocycles. The first-order chi connectivity index (χ1) is 13.3. The van der Waals surface area contributed by atoms with Crippen LogP contribution in [0.1, 0.15) is 38.4 Å². The van der Waals surface area contributed by atoms with Gasteiger partial charge in [0.05, 0.1) is 11.9 Å². The number of rotatable bonds is 3. The molecule has 4 aromatic rings. The Morgan fingerprint density at radius 2 is 1.75 bits per heavy atom. The Kier molecular flexibility index (Phi) is 4.47. The number of benzene rings is 1. The third-order valence-corrected chi connectivity index (χ3v) is 5.62. The Hall–Kier alpha value is -3.06. The van der Waals surface area contributed by atoms with E-state index in [1.165, 1.54) is 28.0 Å². The van der Waals surface area contributed by atoms with Crippen LogP contribution in [-0.4, -0.2) is 25.5 Å². The number of fused-ring (bicyclic) bond motifs is 1. The van der Waals surface area contributed by atoms with Gasteiger partial charge in [0.1, 0.15) is 5.56 Å². The van der Waals surface area contributed by atoms with Crippen molar-refractivity contribution in [3.8, 4) is 11.3 Å². The van der Waals surface area contributed by atoms with Crippen molar-refractivity contribution < 1.29 is 4.79 Å². The van der Waals surface area contributed by atoms with Crippen LogP contribution in [0.25, 0.3) is 16.9 Å². The molecule has 0 aliphatic heterocycles. The van der Waals surface area contributed by atoms with Crippen LogP contribution in [0.15, 0.2) is 29.8 Å². The predicted molar refractivity (Wildman–Crippen MR) is 112 cm³/mol. The van der Waals surface area contributed by atoms with Gasteiger partial charge >= 0.3 is 0 Å². The Morgan fingerprint density at radius 3 is 2.54 bits per heavy atom. The molecule has 3 heterocycles. The number of hydrogen-bond donors (Lipinski definition) is 1. The van der Waals surface area contributed by atoms with Gasteiger partial charge in [0.25, 0.3) is 5.91 Å². The minimum absolute atomic E-state index is 0.259. The summed E-state index contributed by atoms with van der Waals surface area (Å²) in [7, 11) is 0. The first-order valence-electron chi connectivity index (χ1n) is 9.00. The van der Waals surface area contributed by atoms with Crippen molar-refractivity contribution in [2.45, 2.75) is 34.6 Å². The topological polar surface area (TPSA) is 72.2 Å². The van der Waals surface area contributed by atoms with Gasteiger partial charge in [-0.15, -0.1) is 11.3 Å². The number of anilines is 1. The highest BCUT2D eigenvalue weighted by Gasteiger charge is 2.17. The highest BCUT2D eigenvalue weighted by atomic mass is 32.1. The van der Waals surface area contributed by atoms with Crippen LogP contribution >= 0.6 is 11.3 Å². The number of amides is 1. The second-order valence-electron chi connectivity index (χ2n) is 7.08. The Labute approximate surface area is 167 Å². The molecule has 0 aliphatic rings. The number of aryl methyl sites for hydroxylation is 5. The van der Waals surface area contributed by atoms with Gasteiger partial charge in [0.15, 0.2) is 10.8 Å². The standard InChI is InChI=1S/C21H21N5OS/c1-11-6-13(3)16(7-12(11)2)18-10-28-21(24-18)25-20(27)17-9-22-26-15(5)8-14(4)23-19(17)26/h6-10H,1-5H3,(H,24,25,27). The van der Waals surface area contributed by atoms with Gasteiger partial charge in [0, 0.05) is 22.3 Å². The molecule has 28 heavy (non-hydrogen) atoms. The average molecular weight is 392 g/mol. The third kappa shape index (κ3) is 3.18. The second-order valence-corrected chi connectivity index (χ2v) is 7.93. The first-order valence-corrected chi connectivity index (χ1v) is 9.88. The smallest absolute Gasteiger partial charge is 0.262 e. The van der Waals surface area contributed by atoms with Crippen molar-refractivity contribution in [1.29, 1.82) is 0 Å². The summed E-state index contributed by atoms with van der Waals surface area (Å²) in [5.41, 5.74) is 8.38. The van der Waals surface area contributed by atoms with E-state index >= 15 is 0 Å². The maximum absolute atomic E-state index is 12.8. The van der Waals surface area contributed by atoms with Gasteiger partial charge in [-0.2, -0.15) is 5.10 Å². The summed E-state index contributed by atoms with van der Waals surface area (Å²) in [6.07, 6.45) is 1.55. The van der Waals surface area contributed by atoms with E-state index in [4.69, 9.17) is 0 Å². The minimum atomic E-state index is -0.259. The van der Waals surface area contributed by atoms with Gasteiger partial charge in [-0.25, -0.2) is 14.5 Å². The number of carbonyl (C=O) groups excluding carboxylic acids is 1. The zero-order valence-corrected chi connectivity index (χ0v) is 17.3. The van der Waals surface area contributed by atoms with Crippen LogP contribution in [0.5, 0.6) is 0 Å². The molecule has 1 aromatic carbocycles.